The first-order valence-electron chi connectivity index (χ1n) is 4.17. The first-order chi connectivity index (χ1) is 6.19. The van der Waals surface area contributed by atoms with E-state index < -0.39 is 0 Å². The van der Waals surface area contributed by atoms with E-state index in [1.807, 2.05) is 19.9 Å². The molecule has 0 radical (unpaired) electrons. The van der Waals surface area contributed by atoms with Gasteiger partial charge in [0.15, 0.2) is 0 Å². The van der Waals surface area contributed by atoms with Crippen molar-refractivity contribution in [3.05, 3.63) is 28.6 Å². The number of aliphatic hydroxyl groups is 1. The van der Waals surface area contributed by atoms with Crippen molar-refractivity contribution in [2.45, 2.75) is 20.3 Å². The molecule has 1 N–H and O–H groups in total. The van der Waals surface area contributed by atoms with Gasteiger partial charge in [-0.1, -0.05) is 0 Å². The van der Waals surface area contributed by atoms with Crippen LogP contribution >= 0.6 is 0 Å². The minimum absolute atomic E-state index is 0.0670. The minimum atomic E-state index is 0.0670. The van der Waals surface area contributed by atoms with Crippen LogP contribution < -0.4 is 0 Å². The lowest BCUT2D eigenvalue weighted by atomic mass is 10.0. The Morgan fingerprint density at radius 1 is 1.54 bits per heavy atom. The smallest absolute Gasteiger partial charge is 0.101 e. The predicted molar refractivity (Wildman–Crippen MR) is 49.2 cm³/mol. The van der Waals surface area contributed by atoms with Crippen molar-refractivity contribution in [1.29, 1.82) is 5.26 Å². The van der Waals surface area contributed by atoms with Gasteiger partial charge in [-0.2, -0.15) is 5.26 Å². The van der Waals surface area contributed by atoms with Gasteiger partial charge >= 0.3 is 0 Å². The van der Waals surface area contributed by atoms with Gasteiger partial charge in [-0.05, 0) is 31.9 Å². The second kappa shape index (κ2) is 4.01. The molecule has 0 atom stereocenters. The van der Waals surface area contributed by atoms with Crippen molar-refractivity contribution in [2.75, 3.05) is 6.61 Å². The minimum Gasteiger partial charge on any atom is -0.396 e. The highest BCUT2D eigenvalue weighted by atomic mass is 16.2. The molecule has 1 heterocycles. The maximum absolute atomic E-state index is 8.85. The van der Waals surface area contributed by atoms with E-state index in [1.54, 1.807) is 0 Å². The number of hydrogen-bond acceptors (Lipinski definition) is 3. The average molecular weight is 176 g/mol. The molecule has 0 unspecified atom stereocenters. The second-order valence-corrected chi connectivity index (χ2v) is 2.97. The van der Waals surface area contributed by atoms with Crippen LogP contribution in [0.4, 0.5) is 0 Å². The third-order valence-electron chi connectivity index (χ3n) is 1.90. The van der Waals surface area contributed by atoms with Crippen molar-refractivity contribution in [3.63, 3.8) is 0 Å². The third kappa shape index (κ3) is 2.04. The zero-order chi connectivity index (χ0) is 9.84. The lowest BCUT2D eigenvalue weighted by Gasteiger charge is -2.05. The maximum Gasteiger partial charge on any atom is 0.101 e. The van der Waals surface area contributed by atoms with Crippen LogP contribution in [0, 0.1) is 25.2 Å². The molecule has 0 amide bonds. The van der Waals surface area contributed by atoms with Crippen LogP contribution in [-0.4, -0.2) is 16.7 Å². The van der Waals surface area contributed by atoms with Gasteiger partial charge < -0.3 is 5.11 Å². The van der Waals surface area contributed by atoms with Crippen molar-refractivity contribution in [3.8, 4) is 6.07 Å². The highest BCUT2D eigenvalue weighted by Gasteiger charge is 2.06. The molecule has 1 aromatic rings. The van der Waals surface area contributed by atoms with E-state index in [9.17, 15) is 0 Å². The standard InChI is InChI=1S/C10H12N2O/c1-7-5-9(3-4-13)10(6-11)8(2)12-7/h5,13H,3-4H2,1-2H3. The highest BCUT2D eigenvalue weighted by molar-refractivity contribution is 5.41. The van der Waals surface area contributed by atoms with Gasteiger partial charge in [0.25, 0.3) is 0 Å². The van der Waals surface area contributed by atoms with Crippen LogP contribution in [-0.2, 0) is 6.42 Å². The summed E-state index contributed by atoms with van der Waals surface area (Å²) in [7, 11) is 0. The summed E-state index contributed by atoms with van der Waals surface area (Å²) in [4.78, 5) is 4.18. The summed E-state index contributed by atoms with van der Waals surface area (Å²) in [6.07, 6.45) is 0.521. The van der Waals surface area contributed by atoms with Gasteiger partial charge in [0.05, 0.1) is 11.3 Å². The van der Waals surface area contributed by atoms with Gasteiger partial charge in [-0.3, -0.25) is 4.98 Å². The van der Waals surface area contributed by atoms with Crippen molar-refractivity contribution in [1.82, 2.24) is 4.98 Å². The Morgan fingerprint density at radius 3 is 2.77 bits per heavy atom. The summed E-state index contributed by atoms with van der Waals surface area (Å²) in [5.74, 6) is 0. The number of nitrogens with zero attached hydrogens (tertiary/aromatic N) is 2. The van der Waals surface area contributed by atoms with E-state index in [4.69, 9.17) is 10.4 Å². The van der Waals surface area contributed by atoms with Crippen LogP contribution in [0.15, 0.2) is 6.07 Å². The first kappa shape index (κ1) is 9.69. The van der Waals surface area contributed by atoms with E-state index >= 15 is 0 Å². The molecule has 0 saturated heterocycles. The van der Waals surface area contributed by atoms with Crippen LogP contribution in [0.25, 0.3) is 0 Å². The Kier molecular flexibility index (Phi) is 2.99. The molecular weight excluding hydrogens is 164 g/mol. The summed E-state index contributed by atoms with van der Waals surface area (Å²) in [6.45, 7) is 3.76. The van der Waals surface area contributed by atoms with Crippen LogP contribution in [0.1, 0.15) is 22.5 Å². The summed E-state index contributed by atoms with van der Waals surface area (Å²) in [5.41, 5.74) is 3.11. The number of hydrogen-bond donors (Lipinski definition) is 1. The molecule has 0 aliphatic carbocycles. The van der Waals surface area contributed by atoms with E-state index in [-0.39, 0.29) is 6.61 Å². The first-order valence-corrected chi connectivity index (χ1v) is 4.17. The predicted octanol–water partition coefficient (Wildman–Crippen LogP) is 1.10. The van der Waals surface area contributed by atoms with E-state index in [2.05, 4.69) is 11.1 Å². The zero-order valence-electron chi connectivity index (χ0n) is 7.83. The van der Waals surface area contributed by atoms with Crippen molar-refractivity contribution >= 4 is 0 Å². The zero-order valence-corrected chi connectivity index (χ0v) is 7.83. The van der Waals surface area contributed by atoms with Gasteiger partial charge in [-0.25, -0.2) is 0 Å². The quantitative estimate of drug-likeness (QED) is 0.734. The number of aromatic nitrogens is 1. The molecule has 0 aliphatic heterocycles. The monoisotopic (exact) mass is 176 g/mol. The summed E-state index contributed by atoms with van der Waals surface area (Å²) < 4.78 is 0. The number of aryl methyl sites for hydroxylation is 2. The molecule has 1 aromatic heterocycles. The fraction of sp³-hybridized carbons (Fsp3) is 0.400. The maximum atomic E-state index is 8.85. The fourth-order valence-electron chi connectivity index (χ4n) is 1.38. The molecule has 3 heteroatoms. The molecule has 0 saturated carbocycles. The lowest BCUT2D eigenvalue weighted by molar-refractivity contribution is 0.299. The lowest BCUT2D eigenvalue weighted by Crippen LogP contribution is -2.00. The van der Waals surface area contributed by atoms with Gasteiger partial charge in [0.2, 0.25) is 0 Å². The molecule has 0 aliphatic rings. The Bertz CT molecular complexity index is 353. The van der Waals surface area contributed by atoms with E-state index in [1.165, 1.54) is 0 Å². The molecule has 0 spiro atoms. The molecule has 68 valence electrons. The van der Waals surface area contributed by atoms with Crippen LogP contribution in [0.3, 0.4) is 0 Å². The SMILES string of the molecule is Cc1cc(CCO)c(C#N)c(C)n1. The highest BCUT2D eigenvalue weighted by Crippen LogP contribution is 2.13. The number of rotatable bonds is 2. The van der Waals surface area contributed by atoms with Crippen LogP contribution in [0.5, 0.6) is 0 Å². The molecule has 3 nitrogen and oxygen atoms in total. The molecule has 13 heavy (non-hydrogen) atoms. The number of nitriles is 1. The largest absolute Gasteiger partial charge is 0.396 e. The molecule has 1 rings (SSSR count). The molecule has 0 aromatic carbocycles. The second-order valence-electron chi connectivity index (χ2n) is 2.97. The number of aliphatic hydroxyl groups excluding tert-OH is 1. The summed E-state index contributed by atoms with van der Waals surface area (Å²) in [6, 6.07) is 3.95. The Balaban J connectivity index is 3.23. The van der Waals surface area contributed by atoms with Gasteiger partial charge in [0, 0.05) is 12.3 Å². The molecule has 0 bridgehead atoms. The Hall–Kier alpha value is -1.40. The van der Waals surface area contributed by atoms with Crippen molar-refractivity contribution in [2.24, 2.45) is 0 Å². The molecule has 0 fully saturated rings. The van der Waals surface area contributed by atoms with Crippen LogP contribution in [0.2, 0.25) is 0 Å². The number of pyridine rings is 1. The van der Waals surface area contributed by atoms with E-state index in [0.717, 1.165) is 17.0 Å². The van der Waals surface area contributed by atoms with Crippen molar-refractivity contribution < 1.29 is 5.11 Å². The Morgan fingerprint density at radius 2 is 2.23 bits per heavy atom. The van der Waals surface area contributed by atoms with Gasteiger partial charge in [-0.15, -0.1) is 0 Å². The average Bonchev–Trinajstić information content (AvgIpc) is 2.04. The summed E-state index contributed by atoms with van der Waals surface area (Å²) >= 11 is 0. The van der Waals surface area contributed by atoms with E-state index in [0.29, 0.717) is 12.0 Å². The summed E-state index contributed by atoms with van der Waals surface area (Å²) in [5, 5.41) is 17.6. The topological polar surface area (TPSA) is 56.9 Å². The fourth-order valence-corrected chi connectivity index (χ4v) is 1.38. The van der Waals surface area contributed by atoms with Gasteiger partial charge in [0.1, 0.15) is 6.07 Å². The third-order valence-corrected chi connectivity index (χ3v) is 1.90. The Labute approximate surface area is 77.7 Å². The normalized spacial score (nSPS) is 9.69. The molecular formula is C10H12N2O.